The number of aromatic nitrogens is 3. The zero-order valence-electron chi connectivity index (χ0n) is 17.0. The fraction of sp³-hybridized carbons (Fsp3) is 0.182. The van der Waals surface area contributed by atoms with Gasteiger partial charge in [0.1, 0.15) is 6.07 Å². The predicted molar refractivity (Wildman–Crippen MR) is 116 cm³/mol. The van der Waals surface area contributed by atoms with Crippen LogP contribution in [0.1, 0.15) is 25.2 Å². The van der Waals surface area contributed by atoms with Crippen molar-refractivity contribution in [3.8, 4) is 17.6 Å². The number of allylic oxidation sites excluding steroid dienone is 1. The first kappa shape index (κ1) is 20.6. The minimum absolute atomic E-state index is 0.00359. The molecule has 0 aliphatic rings. The first-order valence-corrected chi connectivity index (χ1v) is 9.29. The van der Waals surface area contributed by atoms with Gasteiger partial charge in [-0.3, -0.25) is 0 Å². The molecule has 3 aromatic rings. The fourth-order valence-electron chi connectivity index (χ4n) is 2.69. The summed E-state index contributed by atoms with van der Waals surface area (Å²) >= 11 is 0. The van der Waals surface area contributed by atoms with E-state index in [-0.39, 0.29) is 29.4 Å². The van der Waals surface area contributed by atoms with Crippen molar-refractivity contribution in [3.63, 3.8) is 0 Å². The summed E-state index contributed by atoms with van der Waals surface area (Å²) in [4.78, 5) is 12.6. The molecule has 0 bridgehead atoms. The highest BCUT2D eigenvalue weighted by Crippen LogP contribution is 2.34. The summed E-state index contributed by atoms with van der Waals surface area (Å²) in [5.74, 6) is 1.50. The molecule has 0 aliphatic heterocycles. The third-order valence-corrected chi connectivity index (χ3v) is 3.93. The van der Waals surface area contributed by atoms with Gasteiger partial charge in [0.15, 0.2) is 17.3 Å². The molecule has 0 saturated carbocycles. The summed E-state index contributed by atoms with van der Waals surface area (Å²) in [7, 11) is 1.56. The summed E-state index contributed by atoms with van der Waals surface area (Å²) in [6.45, 7) is 3.83. The number of hydrogen-bond donors (Lipinski definition) is 2. The van der Waals surface area contributed by atoms with Crippen LogP contribution in [0.2, 0.25) is 0 Å². The summed E-state index contributed by atoms with van der Waals surface area (Å²) in [6, 6.07) is 17.0. The molecule has 0 unspecified atom stereocenters. The molecule has 0 atom stereocenters. The van der Waals surface area contributed by atoms with Gasteiger partial charge >= 0.3 is 0 Å². The highest BCUT2D eigenvalue weighted by molar-refractivity contribution is 5.89. The number of nitrogens with one attached hydrogen (secondary N) is 1. The van der Waals surface area contributed by atoms with Gasteiger partial charge in [0.25, 0.3) is 0 Å². The molecular formula is C22H22N6O2. The Bertz CT molecular complexity index is 1090. The van der Waals surface area contributed by atoms with Gasteiger partial charge in [-0.05, 0) is 38.1 Å². The zero-order chi connectivity index (χ0) is 21.5. The second kappa shape index (κ2) is 9.39. The van der Waals surface area contributed by atoms with Gasteiger partial charge < -0.3 is 20.5 Å². The SMILES string of the molecule is COc1cccc(/C=C(\C#N)c2nc(N)nc(Nc3ccccc3)n2)c1OC(C)C. The largest absolute Gasteiger partial charge is 0.493 e. The zero-order valence-corrected chi connectivity index (χ0v) is 17.0. The van der Waals surface area contributed by atoms with E-state index in [4.69, 9.17) is 15.2 Å². The van der Waals surface area contributed by atoms with Crippen LogP contribution in [-0.2, 0) is 0 Å². The van der Waals surface area contributed by atoms with Gasteiger partial charge in [-0.15, -0.1) is 0 Å². The van der Waals surface area contributed by atoms with Crippen molar-refractivity contribution in [2.45, 2.75) is 20.0 Å². The van der Waals surface area contributed by atoms with Crippen molar-refractivity contribution in [2.24, 2.45) is 0 Å². The molecule has 3 N–H and O–H groups in total. The number of nitrogens with zero attached hydrogens (tertiary/aromatic N) is 4. The van der Waals surface area contributed by atoms with Crippen molar-refractivity contribution in [1.29, 1.82) is 5.26 Å². The topological polar surface area (TPSA) is 119 Å². The first-order valence-electron chi connectivity index (χ1n) is 9.29. The van der Waals surface area contributed by atoms with Crippen LogP contribution in [-0.4, -0.2) is 28.2 Å². The van der Waals surface area contributed by atoms with Crippen LogP contribution in [0.3, 0.4) is 0 Å². The second-order valence-electron chi connectivity index (χ2n) is 6.55. The molecule has 0 saturated heterocycles. The van der Waals surface area contributed by atoms with Gasteiger partial charge in [-0.2, -0.15) is 20.2 Å². The second-order valence-corrected chi connectivity index (χ2v) is 6.55. The molecule has 8 heteroatoms. The van der Waals surface area contributed by atoms with Crippen LogP contribution < -0.4 is 20.5 Å². The highest BCUT2D eigenvalue weighted by Gasteiger charge is 2.15. The summed E-state index contributed by atoms with van der Waals surface area (Å²) < 4.78 is 11.3. The maximum absolute atomic E-state index is 9.76. The lowest BCUT2D eigenvalue weighted by molar-refractivity contribution is 0.229. The van der Waals surface area contributed by atoms with E-state index in [1.54, 1.807) is 19.3 Å². The quantitative estimate of drug-likeness (QED) is 0.568. The summed E-state index contributed by atoms with van der Waals surface area (Å²) in [6.07, 6.45) is 1.56. The maximum Gasteiger partial charge on any atom is 0.232 e. The van der Waals surface area contributed by atoms with Crippen LogP contribution in [0.5, 0.6) is 11.5 Å². The molecule has 152 valence electrons. The number of anilines is 3. The van der Waals surface area contributed by atoms with Crippen LogP contribution >= 0.6 is 0 Å². The first-order chi connectivity index (χ1) is 14.5. The molecule has 0 spiro atoms. The van der Waals surface area contributed by atoms with Crippen molar-refractivity contribution in [2.75, 3.05) is 18.2 Å². The third-order valence-electron chi connectivity index (χ3n) is 3.93. The van der Waals surface area contributed by atoms with Crippen molar-refractivity contribution >= 4 is 29.2 Å². The molecule has 0 radical (unpaired) electrons. The minimum Gasteiger partial charge on any atom is -0.493 e. The lowest BCUT2D eigenvalue weighted by atomic mass is 10.1. The number of nitriles is 1. The van der Waals surface area contributed by atoms with Crippen molar-refractivity contribution in [3.05, 3.63) is 59.9 Å². The molecule has 3 rings (SSSR count). The standard InChI is InChI=1S/C22H22N6O2/c1-14(2)30-19-15(8-7-11-18(19)29-3)12-16(13-23)20-26-21(24)28-22(27-20)25-17-9-5-4-6-10-17/h4-12,14H,1-3H3,(H3,24,25,26,27,28)/b16-12+. The maximum atomic E-state index is 9.76. The Balaban J connectivity index is 2.03. The van der Waals surface area contributed by atoms with Crippen molar-refractivity contribution in [1.82, 2.24) is 15.0 Å². The Morgan fingerprint density at radius 2 is 1.87 bits per heavy atom. The summed E-state index contributed by atoms with van der Waals surface area (Å²) in [5.41, 5.74) is 7.52. The molecular weight excluding hydrogens is 380 g/mol. The summed E-state index contributed by atoms with van der Waals surface area (Å²) in [5, 5.41) is 12.8. The van der Waals surface area contributed by atoms with E-state index in [0.29, 0.717) is 17.1 Å². The highest BCUT2D eigenvalue weighted by atomic mass is 16.5. The Labute approximate surface area is 175 Å². The van der Waals surface area contributed by atoms with Crippen LogP contribution in [0.25, 0.3) is 11.6 Å². The lowest BCUT2D eigenvalue weighted by Crippen LogP contribution is -2.08. The van der Waals surface area contributed by atoms with E-state index < -0.39 is 0 Å². The molecule has 2 aromatic carbocycles. The predicted octanol–water partition coefficient (Wildman–Crippen LogP) is 4.06. The van der Waals surface area contributed by atoms with Gasteiger partial charge in [0, 0.05) is 11.3 Å². The van der Waals surface area contributed by atoms with E-state index in [2.05, 4.69) is 26.3 Å². The van der Waals surface area contributed by atoms with E-state index >= 15 is 0 Å². The Hall–Kier alpha value is -4.12. The number of hydrogen-bond acceptors (Lipinski definition) is 8. The van der Waals surface area contributed by atoms with E-state index in [1.165, 1.54) is 0 Å². The number of nitrogen functional groups attached to an aromatic ring is 1. The molecule has 0 fully saturated rings. The average molecular weight is 402 g/mol. The van der Waals surface area contributed by atoms with Crippen LogP contribution in [0.15, 0.2) is 48.5 Å². The van der Waals surface area contributed by atoms with E-state index in [9.17, 15) is 5.26 Å². The minimum atomic E-state index is -0.0755. The number of rotatable bonds is 7. The Kier molecular flexibility index (Phi) is 6.45. The van der Waals surface area contributed by atoms with Crippen LogP contribution in [0.4, 0.5) is 17.6 Å². The van der Waals surface area contributed by atoms with Crippen LogP contribution in [0, 0.1) is 11.3 Å². The smallest absolute Gasteiger partial charge is 0.232 e. The number of methoxy groups -OCH3 is 1. The number of para-hydroxylation sites is 2. The molecule has 1 heterocycles. The number of nitrogens with two attached hydrogens (primary N) is 1. The van der Waals surface area contributed by atoms with E-state index in [1.807, 2.05) is 56.3 Å². The monoisotopic (exact) mass is 402 g/mol. The molecule has 30 heavy (non-hydrogen) atoms. The molecule has 1 aromatic heterocycles. The van der Waals surface area contributed by atoms with E-state index in [0.717, 1.165) is 5.69 Å². The van der Waals surface area contributed by atoms with Gasteiger partial charge in [-0.1, -0.05) is 30.3 Å². The van der Waals surface area contributed by atoms with Gasteiger partial charge in [0.2, 0.25) is 11.9 Å². The number of ether oxygens (including phenoxy) is 2. The average Bonchev–Trinajstić information content (AvgIpc) is 2.72. The number of benzene rings is 2. The Morgan fingerprint density at radius 1 is 1.10 bits per heavy atom. The van der Waals surface area contributed by atoms with Crippen molar-refractivity contribution < 1.29 is 9.47 Å². The Morgan fingerprint density at radius 3 is 2.53 bits per heavy atom. The van der Waals surface area contributed by atoms with Gasteiger partial charge in [-0.25, -0.2) is 0 Å². The fourth-order valence-corrected chi connectivity index (χ4v) is 2.69. The molecule has 0 aliphatic carbocycles. The molecule has 8 nitrogen and oxygen atoms in total. The third kappa shape index (κ3) is 5.02. The lowest BCUT2D eigenvalue weighted by Gasteiger charge is -2.16. The molecule has 0 amide bonds. The normalized spacial score (nSPS) is 11.1. The van der Waals surface area contributed by atoms with Gasteiger partial charge in [0.05, 0.1) is 18.8 Å².